The Labute approximate surface area is 197 Å². The van der Waals surface area contributed by atoms with Gasteiger partial charge in [0, 0.05) is 12.3 Å². The van der Waals surface area contributed by atoms with Crippen LogP contribution in [0, 0.1) is 11.8 Å². The Morgan fingerprint density at radius 3 is 2.42 bits per heavy atom. The monoisotopic (exact) mass is 458 g/mol. The van der Waals surface area contributed by atoms with Crippen molar-refractivity contribution in [3.8, 4) is 0 Å². The Bertz CT molecular complexity index is 774. The Morgan fingerprint density at radius 2 is 1.85 bits per heavy atom. The first-order chi connectivity index (χ1) is 15.9. The molecule has 33 heavy (non-hydrogen) atoms. The molecule has 7 heteroatoms. The molecule has 0 aliphatic heterocycles. The van der Waals surface area contributed by atoms with Crippen molar-refractivity contribution in [2.24, 2.45) is 11.8 Å². The molecule has 1 unspecified atom stereocenters. The molecule has 1 saturated carbocycles. The molecule has 7 nitrogen and oxygen atoms in total. The molecule has 0 bridgehead atoms. The lowest BCUT2D eigenvalue weighted by Crippen LogP contribution is -2.55. The number of nitrogens with one attached hydrogen (secondary N) is 1. The number of benzene rings is 1. The van der Waals surface area contributed by atoms with Gasteiger partial charge in [-0.3, -0.25) is 10.0 Å². The highest BCUT2D eigenvalue weighted by Crippen LogP contribution is 2.25. The minimum Gasteiger partial charge on any atom is -0.461 e. The summed E-state index contributed by atoms with van der Waals surface area (Å²) in [6, 6.07) is 7.01. The number of allylic oxidation sites excluding steroid dienone is 1. The number of hydrogen-bond donors (Lipinski definition) is 2. The number of rotatable bonds is 11. The summed E-state index contributed by atoms with van der Waals surface area (Å²) in [5.41, 5.74) is 2.36. The highest BCUT2D eigenvalue weighted by atomic mass is 16.5. The summed E-state index contributed by atoms with van der Waals surface area (Å²) in [5, 5.41) is 9.45. The topological polar surface area (TPSA) is 95.9 Å². The fraction of sp³-hybridized carbons (Fsp3) is 0.577. The molecule has 2 N–H and O–H groups in total. The van der Waals surface area contributed by atoms with E-state index in [0.29, 0.717) is 19.3 Å². The number of hydroxylamine groups is 1. The van der Waals surface area contributed by atoms with E-state index in [1.807, 2.05) is 44.2 Å². The zero-order valence-electron chi connectivity index (χ0n) is 19.9. The van der Waals surface area contributed by atoms with Crippen molar-refractivity contribution in [3.05, 3.63) is 48.6 Å². The fourth-order valence-electron chi connectivity index (χ4n) is 4.42. The van der Waals surface area contributed by atoms with Crippen LogP contribution >= 0.6 is 0 Å². The van der Waals surface area contributed by atoms with Gasteiger partial charge < -0.3 is 4.74 Å². The number of imide groups is 1. The number of carbonyl (C=O) groups is 3. The molecular formula is C26H38N2O5. The molecular weight excluding hydrogens is 420 g/mol. The van der Waals surface area contributed by atoms with E-state index in [-0.39, 0.29) is 18.4 Å². The molecule has 2 atom stereocenters. The second-order valence-electron chi connectivity index (χ2n) is 9.22. The van der Waals surface area contributed by atoms with Gasteiger partial charge in [-0.2, -0.15) is 0 Å². The molecule has 0 radical (unpaired) electrons. The van der Waals surface area contributed by atoms with E-state index in [4.69, 9.17) is 4.74 Å². The second-order valence-corrected chi connectivity index (χ2v) is 9.22. The van der Waals surface area contributed by atoms with Gasteiger partial charge in [0.2, 0.25) is 5.91 Å². The lowest BCUT2D eigenvalue weighted by atomic mass is 9.90. The Hall–Kier alpha value is -2.67. The van der Waals surface area contributed by atoms with E-state index in [1.165, 1.54) is 0 Å². The van der Waals surface area contributed by atoms with Crippen LogP contribution in [0.4, 0.5) is 4.79 Å². The highest BCUT2D eigenvalue weighted by molar-refractivity contribution is 5.99. The number of nitrogens with zero attached hydrogens (tertiary/aromatic N) is 1. The van der Waals surface area contributed by atoms with Crippen molar-refractivity contribution in [1.82, 2.24) is 10.4 Å². The van der Waals surface area contributed by atoms with Gasteiger partial charge in [-0.15, -0.1) is 6.58 Å². The summed E-state index contributed by atoms with van der Waals surface area (Å²) < 4.78 is 5.78. The minimum atomic E-state index is -1.17. The normalized spacial score (nSPS) is 16.0. The summed E-state index contributed by atoms with van der Waals surface area (Å²) in [4.78, 5) is 40.6. The number of carbonyl (C=O) groups excluding carboxylic acids is 3. The van der Waals surface area contributed by atoms with Crippen LogP contribution in [0.1, 0.15) is 70.8 Å². The van der Waals surface area contributed by atoms with E-state index in [0.717, 1.165) is 42.6 Å². The third-order valence-corrected chi connectivity index (χ3v) is 6.07. The molecule has 182 valence electrons. The van der Waals surface area contributed by atoms with Crippen molar-refractivity contribution in [1.29, 1.82) is 0 Å². The molecule has 1 aliphatic carbocycles. The smallest absolute Gasteiger partial charge is 0.348 e. The highest BCUT2D eigenvalue weighted by Gasteiger charge is 2.40. The largest absolute Gasteiger partial charge is 0.461 e. The lowest BCUT2D eigenvalue weighted by molar-refractivity contribution is -0.160. The first-order valence-electron chi connectivity index (χ1n) is 12.0. The van der Waals surface area contributed by atoms with Crippen molar-refractivity contribution in [3.63, 3.8) is 0 Å². The molecule has 0 heterocycles. The Kier molecular flexibility index (Phi) is 11.1. The first kappa shape index (κ1) is 26.6. The number of amides is 3. The van der Waals surface area contributed by atoms with Gasteiger partial charge in [0.15, 0.2) is 0 Å². The number of esters is 1. The summed E-state index contributed by atoms with van der Waals surface area (Å²) >= 11 is 0. The third kappa shape index (κ3) is 8.31. The number of urea groups is 1. The molecule has 0 spiro atoms. The first-order valence-corrected chi connectivity index (χ1v) is 12.0. The summed E-state index contributed by atoms with van der Waals surface area (Å²) in [7, 11) is 0. The SMILES string of the molecule is C=CCCC(CC(C)C)C(=O)N(C(=O)NO)[C@@H](Cc1ccccc1)C(=O)OC1CCCCC1. The van der Waals surface area contributed by atoms with E-state index in [2.05, 4.69) is 6.58 Å². The maximum atomic E-state index is 13.6. The van der Waals surface area contributed by atoms with Gasteiger partial charge >= 0.3 is 12.0 Å². The second kappa shape index (κ2) is 13.8. The van der Waals surface area contributed by atoms with Crippen LogP contribution in [0.5, 0.6) is 0 Å². The van der Waals surface area contributed by atoms with Gasteiger partial charge in [0.1, 0.15) is 12.1 Å². The van der Waals surface area contributed by atoms with Gasteiger partial charge in [-0.1, -0.05) is 56.7 Å². The zero-order chi connectivity index (χ0) is 24.2. The van der Waals surface area contributed by atoms with Crippen LogP contribution in [-0.2, 0) is 20.7 Å². The van der Waals surface area contributed by atoms with E-state index in [1.54, 1.807) is 11.6 Å². The van der Waals surface area contributed by atoms with Crippen molar-refractivity contribution < 1.29 is 24.3 Å². The lowest BCUT2D eigenvalue weighted by Gasteiger charge is -2.33. The quantitative estimate of drug-likeness (QED) is 0.210. The Balaban J connectivity index is 2.38. The minimum absolute atomic E-state index is 0.113. The molecule has 0 saturated heterocycles. The Morgan fingerprint density at radius 1 is 1.18 bits per heavy atom. The zero-order valence-corrected chi connectivity index (χ0v) is 19.9. The molecule has 1 aliphatic rings. The van der Waals surface area contributed by atoms with E-state index in [9.17, 15) is 19.6 Å². The summed E-state index contributed by atoms with van der Waals surface area (Å²) in [6.45, 7) is 7.74. The molecule has 3 amide bonds. The average Bonchev–Trinajstić information content (AvgIpc) is 2.82. The molecule has 0 aromatic heterocycles. The van der Waals surface area contributed by atoms with Crippen LogP contribution in [0.25, 0.3) is 0 Å². The maximum absolute atomic E-state index is 13.6. The van der Waals surface area contributed by atoms with Crippen LogP contribution < -0.4 is 5.48 Å². The summed E-state index contributed by atoms with van der Waals surface area (Å²) in [6.07, 6.45) is 7.93. The predicted octanol–water partition coefficient (Wildman–Crippen LogP) is 5.03. The molecule has 1 aromatic carbocycles. The maximum Gasteiger partial charge on any atom is 0.348 e. The van der Waals surface area contributed by atoms with Crippen LogP contribution in [0.3, 0.4) is 0 Å². The van der Waals surface area contributed by atoms with Gasteiger partial charge in [-0.25, -0.2) is 20.0 Å². The van der Waals surface area contributed by atoms with Gasteiger partial charge in [0.05, 0.1) is 0 Å². The average molecular weight is 459 g/mol. The van der Waals surface area contributed by atoms with Crippen molar-refractivity contribution in [2.45, 2.75) is 83.8 Å². The van der Waals surface area contributed by atoms with Gasteiger partial charge in [0.25, 0.3) is 0 Å². The van der Waals surface area contributed by atoms with Crippen LogP contribution in [0.15, 0.2) is 43.0 Å². The molecule has 2 rings (SSSR count). The fourth-order valence-corrected chi connectivity index (χ4v) is 4.42. The van der Waals surface area contributed by atoms with E-state index < -0.39 is 29.9 Å². The number of hydrogen-bond acceptors (Lipinski definition) is 5. The third-order valence-electron chi connectivity index (χ3n) is 6.07. The molecule has 1 fully saturated rings. The molecule has 1 aromatic rings. The van der Waals surface area contributed by atoms with Gasteiger partial charge in [-0.05, 0) is 56.4 Å². The standard InChI is InChI=1S/C26H38N2O5/c1-4-5-14-21(17-19(2)3)24(29)28(26(31)27-32)23(18-20-12-8-6-9-13-20)25(30)33-22-15-10-7-11-16-22/h4,6,8-9,12-13,19,21-23,32H,1,5,7,10-11,14-18H2,2-3H3,(H,27,31)/t21?,23-/m0/s1. The predicted molar refractivity (Wildman–Crippen MR) is 126 cm³/mol. The number of ether oxygens (including phenoxy) is 1. The summed E-state index contributed by atoms with van der Waals surface area (Å²) in [5.74, 6) is -1.38. The van der Waals surface area contributed by atoms with Crippen molar-refractivity contribution in [2.75, 3.05) is 0 Å². The van der Waals surface area contributed by atoms with Crippen LogP contribution in [-0.4, -0.2) is 40.2 Å². The van der Waals surface area contributed by atoms with Crippen LogP contribution in [0.2, 0.25) is 0 Å². The van der Waals surface area contributed by atoms with Crippen molar-refractivity contribution >= 4 is 17.9 Å². The van der Waals surface area contributed by atoms with E-state index >= 15 is 0 Å².